The van der Waals surface area contributed by atoms with Crippen LogP contribution >= 0.6 is 0 Å². The van der Waals surface area contributed by atoms with Crippen LogP contribution < -0.4 is 4.74 Å². The predicted molar refractivity (Wildman–Crippen MR) is 83.0 cm³/mol. The van der Waals surface area contributed by atoms with Crippen LogP contribution in [0.3, 0.4) is 0 Å². The minimum Gasteiger partial charge on any atom is -0.496 e. The van der Waals surface area contributed by atoms with E-state index in [9.17, 15) is 19.1 Å². The number of carboxylic acids is 1. The van der Waals surface area contributed by atoms with Gasteiger partial charge in [0.05, 0.1) is 13.0 Å². The highest BCUT2D eigenvalue weighted by atomic mass is 19.1. The first-order valence-electron chi connectivity index (χ1n) is 7.87. The van der Waals surface area contributed by atoms with Crippen molar-refractivity contribution in [2.24, 2.45) is 0 Å². The number of amides is 1. The van der Waals surface area contributed by atoms with E-state index in [1.165, 1.54) is 19.2 Å². The van der Waals surface area contributed by atoms with Crippen LogP contribution in [-0.2, 0) is 9.59 Å². The number of ether oxygens (including phenoxy) is 1. The first-order chi connectivity index (χ1) is 11.0. The summed E-state index contributed by atoms with van der Waals surface area (Å²) in [5, 5.41) is 9.49. The standard InChI is InChI=1S/C17H22FNO4/c1-23-15-7-6-12(18)10-13(15)14(17(21)22)11-16(20)19-8-4-2-3-5-9-19/h6-7,10,14H,2-5,8-9,11H2,1H3,(H,21,22). The molecule has 1 aromatic rings. The van der Waals surface area contributed by atoms with Gasteiger partial charge in [0.1, 0.15) is 11.6 Å². The highest BCUT2D eigenvalue weighted by Gasteiger charge is 2.29. The molecule has 1 N–H and O–H groups in total. The Morgan fingerprint density at radius 2 is 1.91 bits per heavy atom. The fourth-order valence-electron chi connectivity index (χ4n) is 2.93. The molecule has 5 nitrogen and oxygen atoms in total. The van der Waals surface area contributed by atoms with E-state index in [4.69, 9.17) is 4.74 Å². The minimum absolute atomic E-state index is 0.185. The molecule has 1 atom stereocenters. The quantitative estimate of drug-likeness (QED) is 0.905. The maximum absolute atomic E-state index is 13.5. The number of aliphatic carboxylic acids is 1. The molecular weight excluding hydrogens is 301 g/mol. The Morgan fingerprint density at radius 3 is 2.48 bits per heavy atom. The maximum Gasteiger partial charge on any atom is 0.311 e. The van der Waals surface area contributed by atoms with E-state index in [1.807, 2.05) is 0 Å². The number of hydrogen-bond acceptors (Lipinski definition) is 3. The van der Waals surface area contributed by atoms with Crippen LogP contribution in [0, 0.1) is 5.82 Å². The smallest absolute Gasteiger partial charge is 0.311 e. The molecule has 126 valence electrons. The number of halogens is 1. The molecule has 0 aromatic heterocycles. The minimum atomic E-state index is -1.16. The van der Waals surface area contributed by atoms with Crippen LogP contribution in [0.2, 0.25) is 0 Å². The Balaban J connectivity index is 2.20. The SMILES string of the molecule is COc1ccc(F)cc1C(CC(=O)N1CCCCCC1)C(=O)O. The lowest BCUT2D eigenvalue weighted by atomic mass is 9.94. The Hall–Kier alpha value is -2.11. The Labute approximate surface area is 135 Å². The highest BCUT2D eigenvalue weighted by molar-refractivity contribution is 5.86. The fourth-order valence-corrected chi connectivity index (χ4v) is 2.93. The summed E-state index contributed by atoms with van der Waals surface area (Å²) < 4.78 is 18.6. The maximum atomic E-state index is 13.5. The molecule has 1 aliphatic rings. The van der Waals surface area contributed by atoms with Crippen LogP contribution in [0.4, 0.5) is 4.39 Å². The molecule has 1 aliphatic heterocycles. The van der Waals surface area contributed by atoms with Gasteiger partial charge >= 0.3 is 5.97 Å². The van der Waals surface area contributed by atoms with Gasteiger partial charge in [-0.25, -0.2) is 4.39 Å². The number of benzene rings is 1. The topological polar surface area (TPSA) is 66.8 Å². The van der Waals surface area contributed by atoms with Crippen molar-refractivity contribution in [1.29, 1.82) is 0 Å². The third-order valence-electron chi connectivity index (χ3n) is 4.20. The van der Waals surface area contributed by atoms with Crippen molar-refractivity contribution in [3.63, 3.8) is 0 Å². The van der Waals surface area contributed by atoms with Crippen LogP contribution in [-0.4, -0.2) is 42.1 Å². The number of carbonyl (C=O) groups excluding carboxylic acids is 1. The second kappa shape index (κ2) is 7.94. The van der Waals surface area contributed by atoms with E-state index < -0.39 is 17.7 Å². The molecule has 1 amide bonds. The molecule has 0 saturated carbocycles. The average molecular weight is 323 g/mol. The number of carbonyl (C=O) groups is 2. The molecule has 0 spiro atoms. The fraction of sp³-hybridized carbons (Fsp3) is 0.529. The van der Waals surface area contributed by atoms with Gasteiger partial charge in [0.25, 0.3) is 0 Å². The van der Waals surface area contributed by atoms with Crippen molar-refractivity contribution < 1.29 is 23.8 Å². The number of methoxy groups -OCH3 is 1. The lowest BCUT2D eigenvalue weighted by molar-refractivity contribution is -0.142. The van der Waals surface area contributed by atoms with Crippen LogP contribution in [0.15, 0.2) is 18.2 Å². The summed E-state index contributed by atoms with van der Waals surface area (Å²) in [6.45, 7) is 1.32. The molecule has 1 heterocycles. The molecule has 1 saturated heterocycles. The Morgan fingerprint density at radius 1 is 1.26 bits per heavy atom. The van der Waals surface area contributed by atoms with Gasteiger partial charge < -0.3 is 14.7 Å². The first kappa shape index (κ1) is 17.2. The number of rotatable bonds is 5. The molecule has 1 unspecified atom stereocenters. The molecule has 23 heavy (non-hydrogen) atoms. The highest BCUT2D eigenvalue weighted by Crippen LogP contribution is 2.31. The summed E-state index contributed by atoms with van der Waals surface area (Å²) in [5.41, 5.74) is 0.197. The van der Waals surface area contributed by atoms with E-state index in [-0.39, 0.29) is 23.6 Å². The largest absolute Gasteiger partial charge is 0.496 e. The van der Waals surface area contributed by atoms with Gasteiger partial charge in [-0.3, -0.25) is 9.59 Å². The molecule has 2 rings (SSSR count). The molecule has 1 fully saturated rings. The van der Waals surface area contributed by atoms with Crippen LogP contribution in [0.5, 0.6) is 5.75 Å². The zero-order valence-corrected chi connectivity index (χ0v) is 13.3. The van der Waals surface area contributed by atoms with Gasteiger partial charge in [-0.2, -0.15) is 0 Å². The lowest BCUT2D eigenvalue weighted by Gasteiger charge is -2.23. The number of hydrogen-bond donors (Lipinski definition) is 1. The van der Waals surface area contributed by atoms with Gasteiger partial charge in [0.15, 0.2) is 0 Å². The zero-order chi connectivity index (χ0) is 16.8. The van der Waals surface area contributed by atoms with Gasteiger partial charge in [-0.15, -0.1) is 0 Å². The average Bonchev–Trinajstić information content (AvgIpc) is 2.81. The summed E-state index contributed by atoms with van der Waals surface area (Å²) in [6, 6.07) is 3.72. The summed E-state index contributed by atoms with van der Waals surface area (Å²) in [7, 11) is 1.40. The van der Waals surface area contributed by atoms with E-state index in [0.717, 1.165) is 31.7 Å². The zero-order valence-electron chi connectivity index (χ0n) is 13.3. The van der Waals surface area contributed by atoms with Crippen molar-refractivity contribution in [2.75, 3.05) is 20.2 Å². The van der Waals surface area contributed by atoms with Crippen molar-refractivity contribution in [2.45, 2.75) is 38.0 Å². The molecule has 0 aliphatic carbocycles. The lowest BCUT2D eigenvalue weighted by Crippen LogP contribution is -2.34. The van der Waals surface area contributed by atoms with Crippen molar-refractivity contribution >= 4 is 11.9 Å². The second-order valence-electron chi connectivity index (χ2n) is 5.78. The molecule has 0 bridgehead atoms. The van der Waals surface area contributed by atoms with Crippen molar-refractivity contribution in [1.82, 2.24) is 4.90 Å². The van der Waals surface area contributed by atoms with Crippen molar-refractivity contribution in [3.8, 4) is 5.75 Å². The summed E-state index contributed by atoms with van der Waals surface area (Å²) >= 11 is 0. The Bertz CT molecular complexity index is 568. The predicted octanol–water partition coefficient (Wildman–Crippen LogP) is 2.80. The molecule has 1 aromatic carbocycles. The molecule has 0 radical (unpaired) electrons. The third kappa shape index (κ3) is 4.43. The van der Waals surface area contributed by atoms with Crippen LogP contribution in [0.25, 0.3) is 0 Å². The van der Waals surface area contributed by atoms with E-state index in [1.54, 1.807) is 4.90 Å². The van der Waals surface area contributed by atoms with E-state index >= 15 is 0 Å². The van der Waals surface area contributed by atoms with Crippen LogP contribution in [0.1, 0.15) is 43.6 Å². The molecular formula is C17H22FNO4. The summed E-state index contributed by atoms with van der Waals surface area (Å²) in [6.07, 6.45) is 3.86. The number of likely N-dealkylation sites (tertiary alicyclic amines) is 1. The van der Waals surface area contributed by atoms with Gasteiger partial charge in [0, 0.05) is 25.1 Å². The van der Waals surface area contributed by atoms with Gasteiger partial charge in [-0.1, -0.05) is 12.8 Å². The monoisotopic (exact) mass is 323 g/mol. The van der Waals surface area contributed by atoms with E-state index in [0.29, 0.717) is 13.1 Å². The van der Waals surface area contributed by atoms with Crippen molar-refractivity contribution in [3.05, 3.63) is 29.6 Å². The first-order valence-corrected chi connectivity index (χ1v) is 7.87. The molecule has 6 heteroatoms. The summed E-state index contributed by atoms with van der Waals surface area (Å²) in [4.78, 5) is 25.8. The second-order valence-corrected chi connectivity index (χ2v) is 5.78. The van der Waals surface area contributed by atoms with E-state index in [2.05, 4.69) is 0 Å². The Kier molecular flexibility index (Phi) is 5.96. The summed E-state index contributed by atoms with van der Waals surface area (Å²) in [5.74, 6) is -2.74. The number of nitrogens with zero attached hydrogens (tertiary/aromatic N) is 1. The third-order valence-corrected chi connectivity index (χ3v) is 4.20. The normalized spacial score (nSPS) is 16.5. The number of carboxylic acid groups (broad SMARTS) is 1. The van der Waals surface area contributed by atoms with Gasteiger partial charge in [0.2, 0.25) is 5.91 Å². The van der Waals surface area contributed by atoms with Gasteiger partial charge in [-0.05, 0) is 31.0 Å².